The van der Waals surface area contributed by atoms with Crippen molar-refractivity contribution in [2.45, 2.75) is 59.7 Å². The molecule has 2 saturated heterocycles. The summed E-state index contributed by atoms with van der Waals surface area (Å²) in [4.78, 5) is 26.7. The minimum absolute atomic E-state index is 0.0199. The highest BCUT2D eigenvalue weighted by molar-refractivity contribution is 6.30. The molecule has 5 rings (SSSR count). The predicted molar refractivity (Wildman–Crippen MR) is 130 cm³/mol. The van der Waals surface area contributed by atoms with E-state index in [-0.39, 0.29) is 35.8 Å². The van der Waals surface area contributed by atoms with Crippen LogP contribution in [0.5, 0.6) is 11.5 Å². The van der Waals surface area contributed by atoms with Crippen molar-refractivity contribution in [2.24, 2.45) is 17.3 Å². The molecule has 2 aromatic rings. The molecule has 3 aliphatic rings. The molecule has 2 bridgehead atoms. The van der Waals surface area contributed by atoms with Crippen molar-refractivity contribution in [3.05, 3.63) is 63.9 Å². The van der Waals surface area contributed by atoms with E-state index in [2.05, 4.69) is 0 Å². The van der Waals surface area contributed by atoms with Crippen LogP contribution in [0.25, 0.3) is 5.57 Å². The fourth-order valence-electron chi connectivity index (χ4n) is 5.43. The Labute approximate surface area is 205 Å². The van der Waals surface area contributed by atoms with Crippen LogP contribution in [-0.4, -0.2) is 24.0 Å². The van der Waals surface area contributed by atoms with Gasteiger partial charge in [-0.3, -0.25) is 9.59 Å². The Morgan fingerprint density at radius 1 is 0.971 bits per heavy atom. The Bertz CT molecular complexity index is 1180. The number of aryl methyl sites for hydroxylation is 2. The summed E-state index contributed by atoms with van der Waals surface area (Å²) < 4.78 is 18.1. The van der Waals surface area contributed by atoms with Gasteiger partial charge in [-0.1, -0.05) is 11.6 Å². The van der Waals surface area contributed by atoms with Gasteiger partial charge in [-0.15, -0.1) is 0 Å². The largest absolute Gasteiger partial charge is 0.457 e. The van der Waals surface area contributed by atoms with Crippen LogP contribution >= 0.6 is 11.6 Å². The molecule has 2 aromatic carbocycles. The fraction of sp³-hybridized carbons (Fsp3) is 0.429. The first kappa shape index (κ1) is 23.1. The molecule has 0 radical (unpaired) electrons. The van der Waals surface area contributed by atoms with Crippen LogP contribution in [0.2, 0.25) is 5.02 Å². The van der Waals surface area contributed by atoms with Crippen LogP contribution in [-0.2, 0) is 19.1 Å². The molecule has 178 valence electrons. The summed E-state index contributed by atoms with van der Waals surface area (Å²) in [6, 6.07) is 11.0. The lowest BCUT2D eigenvalue weighted by Crippen LogP contribution is -2.31. The first-order chi connectivity index (χ1) is 16.0. The second kappa shape index (κ2) is 8.24. The van der Waals surface area contributed by atoms with Gasteiger partial charge in [-0.25, -0.2) is 0 Å². The van der Waals surface area contributed by atoms with Gasteiger partial charge in [0.15, 0.2) is 5.78 Å². The summed E-state index contributed by atoms with van der Waals surface area (Å²) in [7, 11) is 0. The van der Waals surface area contributed by atoms with Crippen molar-refractivity contribution in [1.29, 1.82) is 0 Å². The maximum atomic E-state index is 13.8. The van der Waals surface area contributed by atoms with Crippen LogP contribution in [0.15, 0.2) is 42.2 Å². The molecule has 1 aliphatic carbocycles. The highest BCUT2D eigenvalue weighted by Gasteiger charge is 2.60. The third kappa shape index (κ3) is 3.85. The molecule has 0 amide bonds. The molecule has 0 saturated carbocycles. The van der Waals surface area contributed by atoms with Gasteiger partial charge in [0.2, 0.25) is 0 Å². The monoisotopic (exact) mass is 480 g/mol. The topological polar surface area (TPSA) is 61.8 Å². The van der Waals surface area contributed by atoms with Crippen molar-refractivity contribution < 1.29 is 23.8 Å². The quantitative estimate of drug-likeness (QED) is 0.472. The van der Waals surface area contributed by atoms with Crippen molar-refractivity contribution in [1.82, 2.24) is 0 Å². The number of halogens is 1. The average molecular weight is 481 g/mol. The normalized spacial score (nSPS) is 25.6. The zero-order valence-electron chi connectivity index (χ0n) is 20.1. The molecule has 0 aromatic heterocycles. The maximum Gasteiger partial charge on any atom is 0.316 e. The predicted octanol–water partition coefficient (Wildman–Crippen LogP) is 6.43. The minimum atomic E-state index is -0.682. The first-order valence-electron chi connectivity index (χ1n) is 11.8. The number of fused-ring (bicyclic) bond motifs is 5. The molecule has 2 heterocycles. The molecular formula is C28H29ClO5. The molecular weight excluding hydrogens is 452 g/mol. The zero-order valence-corrected chi connectivity index (χ0v) is 20.9. The molecule has 2 aliphatic heterocycles. The summed E-state index contributed by atoms with van der Waals surface area (Å²) in [6.07, 6.45) is 1.58. The number of esters is 1. The van der Waals surface area contributed by atoms with E-state index in [1.165, 1.54) is 0 Å². The SMILES string of the molecule is Cc1cc(Oc2ccc(Cl)cc2)cc(C)c1C1=C(OC(=O)C(C)(C)C)[C@H]2[C@@H](C1=O)[C@@H]1CC[C@H]2O1. The van der Waals surface area contributed by atoms with Gasteiger partial charge in [0.1, 0.15) is 17.3 Å². The third-order valence-corrected chi connectivity index (χ3v) is 7.24. The minimum Gasteiger partial charge on any atom is -0.457 e. The number of ether oxygens (including phenoxy) is 3. The standard InChI is InChI=1S/C28H29ClO5/c1-14-12-18(32-17-8-6-16(29)7-9-17)13-15(2)21(14)24-25(30)22-19-10-11-20(33-19)23(22)26(24)34-27(31)28(3,4)5/h6-9,12-13,19-20,22-23H,10-11H2,1-5H3/t19-,20+,22-,23+/m0/s1. The molecule has 4 atom stereocenters. The highest BCUT2D eigenvalue weighted by atomic mass is 35.5. The Hall–Kier alpha value is -2.63. The van der Waals surface area contributed by atoms with Crippen LogP contribution in [0.3, 0.4) is 0 Å². The number of carbonyl (C=O) groups excluding carboxylic acids is 2. The lowest BCUT2D eigenvalue weighted by Gasteiger charge is -2.24. The van der Waals surface area contributed by atoms with Crippen molar-refractivity contribution in [3.63, 3.8) is 0 Å². The van der Waals surface area contributed by atoms with E-state index in [1.54, 1.807) is 12.1 Å². The molecule has 2 fully saturated rings. The van der Waals surface area contributed by atoms with Crippen LogP contribution in [0.1, 0.15) is 50.3 Å². The number of hydrogen-bond acceptors (Lipinski definition) is 5. The van der Waals surface area contributed by atoms with Gasteiger partial charge in [-0.05, 0) is 101 Å². The Morgan fingerprint density at radius 2 is 1.56 bits per heavy atom. The first-order valence-corrected chi connectivity index (χ1v) is 12.1. The van der Waals surface area contributed by atoms with E-state index in [4.69, 9.17) is 25.8 Å². The third-order valence-electron chi connectivity index (χ3n) is 6.99. The van der Waals surface area contributed by atoms with Crippen molar-refractivity contribution >= 4 is 28.9 Å². The number of Topliss-reactive ketones (excluding diaryl/α,β-unsaturated/α-hetero) is 1. The lowest BCUT2D eigenvalue weighted by molar-refractivity contribution is -0.149. The number of hydrogen-bond donors (Lipinski definition) is 0. The van der Waals surface area contributed by atoms with Gasteiger partial charge in [-0.2, -0.15) is 0 Å². The number of rotatable bonds is 4. The van der Waals surface area contributed by atoms with Gasteiger partial charge in [0, 0.05) is 5.02 Å². The summed E-state index contributed by atoms with van der Waals surface area (Å²) in [5, 5.41) is 0.641. The Morgan fingerprint density at radius 3 is 2.15 bits per heavy atom. The lowest BCUT2D eigenvalue weighted by atomic mass is 9.80. The molecule has 0 spiro atoms. The average Bonchev–Trinajstić information content (AvgIpc) is 3.43. The molecule has 6 heteroatoms. The second-order valence-electron chi connectivity index (χ2n) is 10.6. The molecule has 34 heavy (non-hydrogen) atoms. The van der Waals surface area contributed by atoms with E-state index in [9.17, 15) is 9.59 Å². The van der Waals surface area contributed by atoms with Gasteiger partial charge < -0.3 is 14.2 Å². The maximum absolute atomic E-state index is 13.8. The number of ketones is 1. The van der Waals surface area contributed by atoms with Crippen LogP contribution < -0.4 is 4.74 Å². The summed E-state index contributed by atoms with van der Waals surface area (Å²) in [5.41, 5.74) is 2.45. The zero-order chi connectivity index (χ0) is 24.4. The van der Waals surface area contributed by atoms with Crippen molar-refractivity contribution in [3.8, 4) is 11.5 Å². The molecule has 0 unspecified atom stereocenters. The Kier molecular flexibility index (Phi) is 5.61. The van der Waals surface area contributed by atoms with Crippen molar-refractivity contribution in [2.75, 3.05) is 0 Å². The summed E-state index contributed by atoms with van der Waals surface area (Å²) >= 11 is 5.98. The summed E-state index contributed by atoms with van der Waals surface area (Å²) in [5.74, 6) is 1.04. The number of allylic oxidation sites excluding steroid dienone is 1. The number of benzene rings is 2. The Balaban J connectivity index is 1.57. The van der Waals surface area contributed by atoms with E-state index < -0.39 is 5.41 Å². The summed E-state index contributed by atoms with van der Waals surface area (Å²) in [6.45, 7) is 9.38. The van der Waals surface area contributed by atoms with Gasteiger partial charge in [0.05, 0.1) is 35.0 Å². The van der Waals surface area contributed by atoms with E-state index in [1.807, 2.05) is 58.9 Å². The van der Waals surface area contributed by atoms with E-state index >= 15 is 0 Å². The highest BCUT2D eigenvalue weighted by Crippen LogP contribution is 2.55. The van der Waals surface area contributed by atoms with Gasteiger partial charge >= 0.3 is 5.97 Å². The fourth-order valence-corrected chi connectivity index (χ4v) is 5.56. The van der Waals surface area contributed by atoms with Crippen LogP contribution in [0, 0.1) is 31.1 Å². The smallest absolute Gasteiger partial charge is 0.316 e. The molecule has 5 nitrogen and oxygen atoms in total. The van der Waals surface area contributed by atoms with Crippen LogP contribution in [0.4, 0.5) is 0 Å². The van der Waals surface area contributed by atoms with Gasteiger partial charge in [0.25, 0.3) is 0 Å². The molecule has 0 N–H and O–H groups in total. The van der Waals surface area contributed by atoms with E-state index in [0.29, 0.717) is 27.9 Å². The van der Waals surface area contributed by atoms with E-state index in [0.717, 1.165) is 29.5 Å². The number of carbonyl (C=O) groups is 2. The second-order valence-corrected chi connectivity index (χ2v) is 11.0.